The minimum atomic E-state index is -4.06. The first-order valence-corrected chi connectivity index (χ1v) is 12.4. The summed E-state index contributed by atoms with van der Waals surface area (Å²) >= 11 is 6.24. The summed E-state index contributed by atoms with van der Waals surface area (Å²) in [5, 5.41) is 4.34. The number of methoxy groups -OCH3 is 2. The fourth-order valence-electron chi connectivity index (χ4n) is 3.17. The molecule has 0 atom stereocenters. The maximum atomic E-state index is 13.4. The fraction of sp³-hybridized carbons (Fsp3) is 0.200. The van der Waals surface area contributed by atoms with Gasteiger partial charge >= 0.3 is 0 Å². The second-order valence-corrected chi connectivity index (χ2v) is 9.94. The van der Waals surface area contributed by atoms with Gasteiger partial charge in [0.2, 0.25) is 0 Å². The highest BCUT2D eigenvalue weighted by atomic mass is 35.5. The maximum Gasteiger partial charge on any atom is 0.264 e. The number of anilines is 1. The second kappa shape index (κ2) is 11.2. The summed E-state index contributed by atoms with van der Waals surface area (Å²) in [6.45, 7) is 3.16. The Morgan fingerprint density at radius 3 is 2.31 bits per heavy atom. The normalized spacial score (nSPS) is 11.3. The second-order valence-electron chi connectivity index (χ2n) is 7.67. The van der Waals surface area contributed by atoms with Crippen LogP contribution in [0.15, 0.2) is 70.7 Å². The number of halogens is 1. The van der Waals surface area contributed by atoms with E-state index in [0.717, 1.165) is 15.4 Å². The number of carbonyl (C=O) groups excluding carboxylic acids is 1. The highest BCUT2D eigenvalue weighted by molar-refractivity contribution is 7.92. The summed E-state index contributed by atoms with van der Waals surface area (Å²) < 4.78 is 38.3. The van der Waals surface area contributed by atoms with Gasteiger partial charge in [0.05, 0.1) is 31.0 Å². The lowest BCUT2D eigenvalue weighted by atomic mass is 10.2. The molecule has 0 aliphatic carbocycles. The third-order valence-electron chi connectivity index (χ3n) is 5.15. The summed E-state index contributed by atoms with van der Waals surface area (Å²) in [5.41, 5.74) is 4.99. The van der Waals surface area contributed by atoms with Gasteiger partial charge in [0, 0.05) is 5.02 Å². The van der Waals surface area contributed by atoms with Crippen LogP contribution in [0, 0.1) is 13.8 Å². The minimum absolute atomic E-state index is 0.0569. The van der Waals surface area contributed by atoms with Crippen molar-refractivity contribution in [1.29, 1.82) is 0 Å². The number of hydrazone groups is 1. The van der Waals surface area contributed by atoms with Crippen molar-refractivity contribution >= 4 is 39.4 Å². The molecular formula is C25H26ClN3O5S. The quantitative estimate of drug-likeness (QED) is 0.338. The molecule has 0 heterocycles. The zero-order chi connectivity index (χ0) is 25.6. The maximum absolute atomic E-state index is 13.4. The predicted molar refractivity (Wildman–Crippen MR) is 137 cm³/mol. The average molecular weight is 516 g/mol. The standard InChI is InChI=1S/C25H26ClN3O5S/c1-17-5-10-21(11-6-17)35(31,32)29(20-9-7-18(2)22(26)14-20)16-25(30)28-27-15-19-8-12-23(33-3)24(13-19)34-4/h5-15H,16H2,1-4H3,(H,28,30)/b27-15-. The van der Waals surface area contributed by atoms with E-state index in [4.69, 9.17) is 21.1 Å². The first-order valence-electron chi connectivity index (χ1n) is 10.5. The smallest absolute Gasteiger partial charge is 0.264 e. The van der Waals surface area contributed by atoms with Crippen LogP contribution in [0.3, 0.4) is 0 Å². The molecule has 0 aliphatic rings. The van der Waals surface area contributed by atoms with Gasteiger partial charge in [-0.15, -0.1) is 0 Å². The molecule has 35 heavy (non-hydrogen) atoms. The SMILES string of the molecule is COc1ccc(/C=N\NC(=O)CN(c2ccc(C)c(Cl)c2)S(=O)(=O)c2ccc(C)cc2)cc1OC. The Bertz CT molecular complexity index is 1340. The molecule has 3 rings (SSSR count). The van der Waals surface area contributed by atoms with Crippen molar-refractivity contribution in [3.63, 3.8) is 0 Å². The lowest BCUT2D eigenvalue weighted by Gasteiger charge is -2.24. The first kappa shape index (κ1) is 26.1. The number of rotatable bonds is 9. The minimum Gasteiger partial charge on any atom is -0.493 e. The fourth-order valence-corrected chi connectivity index (χ4v) is 4.75. The van der Waals surface area contributed by atoms with Gasteiger partial charge in [-0.25, -0.2) is 13.8 Å². The third kappa shape index (κ3) is 6.32. The Labute approximate surface area is 210 Å². The number of benzene rings is 3. The topological polar surface area (TPSA) is 97.3 Å². The molecule has 0 radical (unpaired) electrons. The number of ether oxygens (including phenoxy) is 2. The molecular weight excluding hydrogens is 490 g/mol. The van der Waals surface area contributed by atoms with Gasteiger partial charge in [-0.2, -0.15) is 5.10 Å². The third-order valence-corrected chi connectivity index (χ3v) is 7.35. The van der Waals surface area contributed by atoms with Crippen LogP contribution in [0.1, 0.15) is 16.7 Å². The van der Waals surface area contributed by atoms with Crippen LogP contribution in [0.4, 0.5) is 5.69 Å². The number of hydrogen-bond acceptors (Lipinski definition) is 6. The number of nitrogens with one attached hydrogen (secondary N) is 1. The number of carbonyl (C=O) groups is 1. The van der Waals surface area contributed by atoms with E-state index < -0.39 is 22.5 Å². The predicted octanol–water partition coefficient (Wildman–Crippen LogP) is 4.32. The van der Waals surface area contributed by atoms with Crippen molar-refractivity contribution in [2.45, 2.75) is 18.7 Å². The number of sulfonamides is 1. The molecule has 0 aromatic heterocycles. The Morgan fingerprint density at radius 1 is 1.00 bits per heavy atom. The molecule has 1 N–H and O–H groups in total. The van der Waals surface area contributed by atoms with Crippen molar-refractivity contribution in [3.8, 4) is 11.5 Å². The van der Waals surface area contributed by atoms with Crippen LogP contribution in [0.25, 0.3) is 0 Å². The molecule has 1 amide bonds. The zero-order valence-electron chi connectivity index (χ0n) is 19.8. The Kier molecular flexibility index (Phi) is 8.37. The van der Waals surface area contributed by atoms with E-state index in [-0.39, 0.29) is 10.6 Å². The van der Waals surface area contributed by atoms with E-state index in [1.807, 2.05) is 6.92 Å². The van der Waals surface area contributed by atoms with E-state index in [0.29, 0.717) is 22.1 Å². The Morgan fingerprint density at radius 2 is 1.69 bits per heavy atom. The largest absolute Gasteiger partial charge is 0.493 e. The van der Waals surface area contributed by atoms with Crippen LogP contribution in [0.2, 0.25) is 5.02 Å². The molecule has 0 saturated carbocycles. The molecule has 0 spiro atoms. The van der Waals surface area contributed by atoms with E-state index in [1.165, 1.54) is 38.6 Å². The van der Waals surface area contributed by atoms with Crippen LogP contribution >= 0.6 is 11.6 Å². The van der Waals surface area contributed by atoms with Gasteiger partial charge in [-0.05, 0) is 67.4 Å². The van der Waals surface area contributed by atoms with Gasteiger partial charge in [-0.1, -0.05) is 35.4 Å². The van der Waals surface area contributed by atoms with Gasteiger partial charge in [0.15, 0.2) is 11.5 Å². The molecule has 10 heteroatoms. The molecule has 0 bridgehead atoms. The van der Waals surface area contributed by atoms with Crippen LogP contribution < -0.4 is 19.2 Å². The van der Waals surface area contributed by atoms with E-state index in [2.05, 4.69) is 10.5 Å². The van der Waals surface area contributed by atoms with Crippen LogP contribution in [-0.2, 0) is 14.8 Å². The Hall–Kier alpha value is -3.56. The molecule has 0 unspecified atom stereocenters. The number of aryl methyl sites for hydroxylation is 2. The average Bonchev–Trinajstić information content (AvgIpc) is 2.84. The number of nitrogens with zero attached hydrogens (tertiary/aromatic N) is 2. The van der Waals surface area contributed by atoms with Gasteiger partial charge in [0.1, 0.15) is 6.54 Å². The summed E-state index contributed by atoms with van der Waals surface area (Å²) in [5.74, 6) is 0.436. The molecule has 8 nitrogen and oxygen atoms in total. The molecule has 0 fully saturated rings. The van der Waals surface area contributed by atoms with Gasteiger partial charge < -0.3 is 9.47 Å². The van der Waals surface area contributed by atoms with Gasteiger partial charge in [-0.3, -0.25) is 9.10 Å². The monoisotopic (exact) mass is 515 g/mol. The summed E-state index contributed by atoms with van der Waals surface area (Å²) in [6.07, 6.45) is 1.42. The molecule has 0 saturated heterocycles. The van der Waals surface area contributed by atoms with Crippen LogP contribution in [-0.4, -0.2) is 41.3 Å². The van der Waals surface area contributed by atoms with Crippen molar-refractivity contribution in [3.05, 3.63) is 82.4 Å². The Balaban J connectivity index is 1.84. The number of hydrogen-bond donors (Lipinski definition) is 1. The first-order chi connectivity index (χ1) is 16.6. The van der Waals surface area contributed by atoms with Crippen molar-refractivity contribution in [2.75, 3.05) is 25.1 Å². The van der Waals surface area contributed by atoms with E-state index >= 15 is 0 Å². The molecule has 0 aliphatic heterocycles. The summed E-state index contributed by atoms with van der Waals surface area (Å²) in [6, 6.07) is 16.3. The zero-order valence-corrected chi connectivity index (χ0v) is 21.4. The molecule has 3 aromatic carbocycles. The van der Waals surface area contributed by atoms with Crippen LogP contribution in [0.5, 0.6) is 11.5 Å². The number of amides is 1. The molecule has 3 aromatic rings. The lowest BCUT2D eigenvalue weighted by Crippen LogP contribution is -2.39. The van der Waals surface area contributed by atoms with E-state index in [1.54, 1.807) is 49.4 Å². The van der Waals surface area contributed by atoms with Crippen molar-refractivity contribution in [2.24, 2.45) is 5.10 Å². The highest BCUT2D eigenvalue weighted by Crippen LogP contribution is 2.28. The van der Waals surface area contributed by atoms with Gasteiger partial charge in [0.25, 0.3) is 15.9 Å². The van der Waals surface area contributed by atoms with Crippen molar-refractivity contribution in [1.82, 2.24) is 5.43 Å². The highest BCUT2D eigenvalue weighted by Gasteiger charge is 2.27. The van der Waals surface area contributed by atoms with Crippen molar-refractivity contribution < 1.29 is 22.7 Å². The summed E-state index contributed by atoms with van der Waals surface area (Å²) in [4.78, 5) is 12.8. The van der Waals surface area contributed by atoms with E-state index in [9.17, 15) is 13.2 Å². The molecule has 184 valence electrons. The summed E-state index contributed by atoms with van der Waals surface area (Å²) in [7, 11) is -1.01. The lowest BCUT2D eigenvalue weighted by molar-refractivity contribution is -0.119.